The molecule has 116 valence electrons. The number of benzene rings is 1. The largest absolute Gasteiger partial charge is 0.484 e. The van der Waals surface area contributed by atoms with Gasteiger partial charge >= 0.3 is 0 Å². The molecule has 0 unspecified atom stereocenters. The summed E-state index contributed by atoms with van der Waals surface area (Å²) >= 11 is 0. The second kappa shape index (κ2) is 6.80. The van der Waals surface area contributed by atoms with Gasteiger partial charge < -0.3 is 19.8 Å². The quantitative estimate of drug-likeness (QED) is 0.884. The van der Waals surface area contributed by atoms with E-state index < -0.39 is 5.91 Å². The van der Waals surface area contributed by atoms with Crippen molar-refractivity contribution < 1.29 is 18.7 Å². The van der Waals surface area contributed by atoms with Crippen molar-refractivity contribution in [2.45, 2.75) is 13.0 Å². The standard InChI is InChI=1S/C16H18N2O4/c1-11(14-4-3-9-21-14)18(2)16(20)12-5-7-13(8-6-12)22-10-15(17)19/h3-9,11H,10H2,1-2H3,(H2,17,19)/t11-/m0/s1. The molecule has 0 radical (unpaired) electrons. The first-order valence-electron chi connectivity index (χ1n) is 6.80. The number of nitrogens with zero attached hydrogens (tertiary/aromatic N) is 1. The number of hydrogen-bond acceptors (Lipinski definition) is 4. The van der Waals surface area contributed by atoms with Crippen molar-refractivity contribution in [2.75, 3.05) is 13.7 Å². The molecule has 1 atom stereocenters. The molecule has 0 spiro atoms. The van der Waals surface area contributed by atoms with Gasteiger partial charge in [-0.05, 0) is 43.3 Å². The van der Waals surface area contributed by atoms with Gasteiger partial charge in [-0.1, -0.05) is 0 Å². The van der Waals surface area contributed by atoms with Crippen molar-refractivity contribution in [1.82, 2.24) is 4.90 Å². The summed E-state index contributed by atoms with van der Waals surface area (Å²) in [5, 5.41) is 0. The van der Waals surface area contributed by atoms with Crippen LogP contribution in [0.15, 0.2) is 47.1 Å². The van der Waals surface area contributed by atoms with Gasteiger partial charge in [0.15, 0.2) is 6.61 Å². The van der Waals surface area contributed by atoms with E-state index in [9.17, 15) is 9.59 Å². The molecule has 1 aromatic heterocycles. The van der Waals surface area contributed by atoms with Gasteiger partial charge in [-0.2, -0.15) is 0 Å². The smallest absolute Gasteiger partial charge is 0.255 e. The fraction of sp³-hybridized carbons (Fsp3) is 0.250. The fourth-order valence-electron chi connectivity index (χ4n) is 1.95. The van der Waals surface area contributed by atoms with Crippen LogP contribution in [0.2, 0.25) is 0 Å². The van der Waals surface area contributed by atoms with E-state index in [0.717, 1.165) is 5.76 Å². The number of rotatable bonds is 6. The maximum absolute atomic E-state index is 12.4. The molecule has 0 aliphatic heterocycles. The molecule has 2 amide bonds. The normalized spacial score (nSPS) is 11.7. The van der Waals surface area contributed by atoms with Crippen molar-refractivity contribution in [1.29, 1.82) is 0 Å². The van der Waals surface area contributed by atoms with E-state index in [4.69, 9.17) is 14.9 Å². The molecule has 0 saturated carbocycles. The lowest BCUT2D eigenvalue weighted by Gasteiger charge is -2.23. The molecule has 1 aromatic carbocycles. The summed E-state index contributed by atoms with van der Waals surface area (Å²) < 4.78 is 10.5. The minimum Gasteiger partial charge on any atom is -0.484 e. The second-order valence-electron chi connectivity index (χ2n) is 4.89. The number of furan rings is 1. The van der Waals surface area contributed by atoms with Gasteiger partial charge in [-0.25, -0.2) is 0 Å². The Morgan fingerprint density at radius 3 is 2.50 bits per heavy atom. The maximum Gasteiger partial charge on any atom is 0.255 e. The third-order valence-corrected chi connectivity index (χ3v) is 3.34. The van der Waals surface area contributed by atoms with Crippen LogP contribution in [0.25, 0.3) is 0 Å². The monoisotopic (exact) mass is 302 g/mol. The van der Waals surface area contributed by atoms with Crippen molar-refractivity contribution in [3.05, 3.63) is 54.0 Å². The van der Waals surface area contributed by atoms with Crippen LogP contribution in [0.5, 0.6) is 5.75 Å². The minimum absolute atomic E-state index is 0.134. The molecular weight excluding hydrogens is 284 g/mol. The number of primary amides is 1. The molecule has 2 aromatic rings. The Bertz CT molecular complexity index is 635. The third kappa shape index (κ3) is 3.66. The molecule has 0 saturated heterocycles. The summed E-state index contributed by atoms with van der Waals surface area (Å²) in [6, 6.07) is 9.98. The molecule has 0 fully saturated rings. The summed E-state index contributed by atoms with van der Waals surface area (Å²) in [5.74, 6) is 0.520. The Hall–Kier alpha value is -2.76. The lowest BCUT2D eigenvalue weighted by molar-refractivity contribution is -0.119. The van der Waals surface area contributed by atoms with Crippen LogP contribution >= 0.6 is 0 Å². The summed E-state index contributed by atoms with van der Waals surface area (Å²) in [5.41, 5.74) is 5.52. The average Bonchev–Trinajstić information content (AvgIpc) is 3.05. The maximum atomic E-state index is 12.4. The van der Waals surface area contributed by atoms with E-state index in [-0.39, 0.29) is 18.6 Å². The first kappa shape index (κ1) is 15.6. The second-order valence-corrected chi connectivity index (χ2v) is 4.89. The van der Waals surface area contributed by atoms with Crippen molar-refractivity contribution in [3.8, 4) is 5.75 Å². The average molecular weight is 302 g/mol. The molecule has 2 rings (SSSR count). The van der Waals surface area contributed by atoms with E-state index >= 15 is 0 Å². The first-order valence-corrected chi connectivity index (χ1v) is 6.80. The van der Waals surface area contributed by atoms with Gasteiger partial charge in [0.25, 0.3) is 11.8 Å². The Morgan fingerprint density at radius 2 is 1.95 bits per heavy atom. The molecule has 0 bridgehead atoms. The Labute approximate surface area is 128 Å². The summed E-state index contributed by atoms with van der Waals surface area (Å²) in [7, 11) is 1.72. The lowest BCUT2D eigenvalue weighted by Crippen LogP contribution is -2.29. The van der Waals surface area contributed by atoms with E-state index in [1.165, 1.54) is 0 Å². The highest BCUT2D eigenvalue weighted by Gasteiger charge is 2.20. The highest BCUT2D eigenvalue weighted by atomic mass is 16.5. The zero-order valence-corrected chi connectivity index (χ0v) is 12.5. The molecule has 6 nitrogen and oxygen atoms in total. The third-order valence-electron chi connectivity index (χ3n) is 3.34. The van der Waals surface area contributed by atoms with Gasteiger partial charge in [0.2, 0.25) is 0 Å². The number of nitrogens with two attached hydrogens (primary N) is 1. The first-order chi connectivity index (χ1) is 10.5. The Morgan fingerprint density at radius 1 is 1.27 bits per heavy atom. The van der Waals surface area contributed by atoms with Crippen LogP contribution in [-0.4, -0.2) is 30.4 Å². The molecule has 0 aliphatic carbocycles. The van der Waals surface area contributed by atoms with Crippen LogP contribution in [-0.2, 0) is 4.79 Å². The van der Waals surface area contributed by atoms with Gasteiger partial charge in [0.1, 0.15) is 11.5 Å². The van der Waals surface area contributed by atoms with Gasteiger partial charge in [0, 0.05) is 12.6 Å². The van der Waals surface area contributed by atoms with Crippen LogP contribution in [0, 0.1) is 0 Å². The zero-order chi connectivity index (χ0) is 16.1. The van der Waals surface area contributed by atoms with Crippen LogP contribution in [0.4, 0.5) is 0 Å². The molecule has 22 heavy (non-hydrogen) atoms. The summed E-state index contributed by atoms with van der Waals surface area (Å²) in [4.78, 5) is 24.7. The SMILES string of the molecule is C[C@@H](c1ccco1)N(C)C(=O)c1ccc(OCC(N)=O)cc1. The number of ether oxygens (including phenoxy) is 1. The minimum atomic E-state index is -0.549. The van der Waals surface area contributed by atoms with Gasteiger partial charge in [-0.3, -0.25) is 9.59 Å². The topological polar surface area (TPSA) is 85.8 Å². The van der Waals surface area contributed by atoms with E-state index in [1.807, 2.05) is 13.0 Å². The Balaban J connectivity index is 2.04. The van der Waals surface area contributed by atoms with Crippen LogP contribution in [0.1, 0.15) is 29.1 Å². The number of carbonyl (C=O) groups excluding carboxylic acids is 2. The predicted molar refractivity (Wildman–Crippen MR) is 80.3 cm³/mol. The number of hydrogen-bond donors (Lipinski definition) is 1. The highest BCUT2D eigenvalue weighted by molar-refractivity contribution is 5.94. The highest BCUT2D eigenvalue weighted by Crippen LogP contribution is 2.22. The van der Waals surface area contributed by atoms with Crippen LogP contribution in [0.3, 0.4) is 0 Å². The van der Waals surface area contributed by atoms with Crippen molar-refractivity contribution >= 4 is 11.8 Å². The molecule has 0 aliphatic rings. The fourth-order valence-corrected chi connectivity index (χ4v) is 1.95. The zero-order valence-electron chi connectivity index (χ0n) is 12.5. The van der Waals surface area contributed by atoms with Gasteiger partial charge in [-0.15, -0.1) is 0 Å². The van der Waals surface area contributed by atoms with E-state index in [1.54, 1.807) is 48.5 Å². The molecule has 6 heteroatoms. The number of amides is 2. The van der Waals surface area contributed by atoms with Crippen LogP contribution < -0.4 is 10.5 Å². The van der Waals surface area contributed by atoms with E-state index in [2.05, 4.69) is 0 Å². The van der Waals surface area contributed by atoms with E-state index in [0.29, 0.717) is 11.3 Å². The predicted octanol–water partition coefficient (Wildman–Crippen LogP) is 1.98. The molecule has 1 heterocycles. The summed E-state index contributed by atoms with van der Waals surface area (Å²) in [6.07, 6.45) is 1.58. The van der Waals surface area contributed by atoms with Crippen molar-refractivity contribution in [3.63, 3.8) is 0 Å². The lowest BCUT2D eigenvalue weighted by atomic mass is 10.1. The van der Waals surface area contributed by atoms with Crippen molar-refractivity contribution in [2.24, 2.45) is 5.73 Å². The summed E-state index contributed by atoms with van der Waals surface area (Å²) in [6.45, 7) is 1.70. The number of carbonyl (C=O) groups is 2. The Kier molecular flexibility index (Phi) is 4.83. The van der Waals surface area contributed by atoms with Gasteiger partial charge in [0.05, 0.1) is 12.3 Å². The molecular formula is C16H18N2O4. The molecule has 2 N–H and O–H groups in total.